The smallest absolute Gasteiger partial charge is 0.347 e. The third-order valence-electron chi connectivity index (χ3n) is 2.38. The first-order valence-electron chi connectivity index (χ1n) is 6.03. The van der Waals surface area contributed by atoms with Gasteiger partial charge in [-0.15, -0.1) is 0 Å². The van der Waals surface area contributed by atoms with E-state index in [2.05, 4.69) is 6.92 Å². The average molecular weight is 236 g/mol. The molecule has 1 atom stereocenters. The lowest BCUT2D eigenvalue weighted by atomic mass is 10.2. The van der Waals surface area contributed by atoms with Gasteiger partial charge in [0.1, 0.15) is 5.75 Å². The van der Waals surface area contributed by atoms with Gasteiger partial charge in [-0.05, 0) is 38.0 Å². The van der Waals surface area contributed by atoms with E-state index in [4.69, 9.17) is 9.47 Å². The van der Waals surface area contributed by atoms with Crippen molar-refractivity contribution in [2.24, 2.45) is 0 Å². The molecule has 0 saturated heterocycles. The van der Waals surface area contributed by atoms with Crippen molar-refractivity contribution in [2.45, 2.75) is 39.7 Å². The number of carbonyl (C=O) groups is 1. The van der Waals surface area contributed by atoms with Gasteiger partial charge >= 0.3 is 5.97 Å². The van der Waals surface area contributed by atoms with Crippen molar-refractivity contribution in [2.75, 3.05) is 6.61 Å². The van der Waals surface area contributed by atoms with Crippen LogP contribution in [0.5, 0.6) is 5.75 Å². The second-order valence-electron chi connectivity index (χ2n) is 4.10. The monoisotopic (exact) mass is 236 g/mol. The first-order chi connectivity index (χ1) is 8.13. The van der Waals surface area contributed by atoms with Crippen molar-refractivity contribution in [3.8, 4) is 5.75 Å². The summed E-state index contributed by atoms with van der Waals surface area (Å²) in [4.78, 5) is 11.6. The Labute approximate surface area is 103 Å². The molecule has 0 fully saturated rings. The van der Waals surface area contributed by atoms with Crippen LogP contribution in [0.4, 0.5) is 0 Å². The van der Waals surface area contributed by atoms with E-state index >= 15 is 0 Å². The summed E-state index contributed by atoms with van der Waals surface area (Å²) >= 11 is 0. The van der Waals surface area contributed by atoms with Crippen molar-refractivity contribution in [1.82, 2.24) is 0 Å². The van der Waals surface area contributed by atoms with Gasteiger partial charge < -0.3 is 9.47 Å². The van der Waals surface area contributed by atoms with Gasteiger partial charge in [0.2, 0.25) is 0 Å². The molecule has 0 aliphatic carbocycles. The third kappa shape index (κ3) is 4.89. The van der Waals surface area contributed by atoms with Crippen LogP contribution in [0.2, 0.25) is 0 Å². The number of esters is 1. The first-order valence-corrected chi connectivity index (χ1v) is 6.03. The summed E-state index contributed by atoms with van der Waals surface area (Å²) in [6, 6.07) is 7.62. The second-order valence-corrected chi connectivity index (χ2v) is 4.10. The summed E-state index contributed by atoms with van der Waals surface area (Å²) in [5.74, 6) is 0.393. The van der Waals surface area contributed by atoms with Crippen LogP contribution in [-0.4, -0.2) is 18.7 Å². The number of hydrogen-bond acceptors (Lipinski definition) is 3. The zero-order chi connectivity index (χ0) is 12.7. The fourth-order valence-electron chi connectivity index (χ4n) is 1.38. The largest absolute Gasteiger partial charge is 0.479 e. The summed E-state index contributed by atoms with van der Waals surface area (Å²) in [6.07, 6.45) is 1.34. The number of rotatable bonds is 6. The molecule has 1 aromatic rings. The molecule has 0 heterocycles. The van der Waals surface area contributed by atoms with Crippen LogP contribution in [0.3, 0.4) is 0 Å². The summed E-state index contributed by atoms with van der Waals surface area (Å²) in [7, 11) is 0. The standard InChI is InChI=1S/C14H20O3/c1-4-5-9-16-14(15)12(3)17-13-8-6-7-11(2)10-13/h6-8,10,12H,4-5,9H2,1-3H3. The first kappa shape index (κ1) is 13.6. The normalized spacial score (nSPS) is 11.9. The predicted molar refractivity (Wildman–Crippen MR) is 67.1 cm³/mol. The molecule has 0 spiro atoms. The Morgan fingerprint density at radius 3 is 2.82 bits per heavy atom. The summed E-state index contributed by atoms with van der Waals surface area (Å²) < 4.78 is 10.6. The van der Waals surface area contributed by atoms with Gasteiger partial charge in [-0.25, -0.2) is 4.79 Å². The van der Waals surface area contributed by atoms with Gasteiger partial charge in [-0.2, -0.15) is 0 Å². The van der Waals surface area contributed by atoms with Gasteiger partial charge in [-0.1, -0.05) is 25.5 Å². The van der Waals surface area contributed by atoms with Crippen molar-refractivity contribution >= 4 is 5.97 Å². The molecular formula is C14H20O3. The molecule has 0 aliphatic heterocycles. The Balaban J connectivity index is 2.43. The molecule has 1 aromatic carbocycles. The van der Waals surface area contributed by atoms with Crippen molar-refractivity contribution in [3.63, 3.8) is 0 Å². The minimum Gasteiger partial charge on any atom is -0.479 e. The lowest BCUT2D eigenvalue weighted by Gasteiger charge is -2.14. The van der Waals surface area contributed by atoms with Crippen LogP contribution >= 0.6 is 0 Å². The molecule has 3 heteroatoms. The van der Waals surface area contributed by atoms with E-state index in [1.165, 1.54) is 0 Å². The van der Waals surface area contributed by atoms with Crippen molar-refractivity contribution in [1.29, 1.82) is 0 Å². The van der Waals surface area contributed by atoms with E-state index in [1.54, 1.807) is 6.92 Å². The number of benzene rings is 1. The molecule has 1 rings (SSSR count). The highest BCUT2D eigenvalue weighted by atomic mass is 16.6. The minimum absolute atomic E-state index is 0.306. The Bertz CT molecular complexity index is 360. The zero-order valence-electron chi connectivity index (χ0n) is 10.7. The lowest BCUT2D eigenvalue weighted by molar-refractivity contribution is -0.151. The van der Waals surface area contributed by atoms with Crippen molar-refractivity contribution in [3.05, 3.63) is 29.8 Å². The maximum absolute atomic E-state index is 11.6. The Morgan fingerprint density at radius 2 is 2.18 bits per heavy atom. The van der Waals surface area contributed by atoms with Crippen LogP contribution in [0, 0.1) is 6.92 Å². The highest BCUT2D eigenvalue weighted by Gasteiger charge is 2.15. The topological polar surface area (TPSA) is 35.5 Å². The third-order valence-corrected chi connectivity index (χ3v) is 2.38. The molecule has 0 bridgehead atoms. The van der Waals surface area contributed by atoms with Crippen LogP contribution in [0.25, 0.3) is 0 Å². The number of aryl methyl sites for hydroxylation is 1. The zero-order valence-corrected chi connectivity index (χ0v) is 10.7. The molecule has 0 aromatic heterocycles. The Morgan fingerprint density at radius 1 is 1.41 bits per heavy atom. The Kier molecular flexibility index (Phi) is 5.53. The van der Waals surface area contributed by atoms with Gasteiger partial charge in [0.15, 0.2) is 6.10 Å². The average Bonchev–Trinajstić information content (AvgIpc) is 2.29. The van der Waals surface area contributed by atoms with Gasteiger partial charge in [0, 0.05) is 0 Å². The molecule has 3 nitrogen and oxygen atoms in total. The van der Waals surface area contributed by atoms with Crippen LogP contribution in [-0.2, 0) is 9.53 Å². The molecule has 0 saturated carbocycles. The van der Waals surface area contributed by atoms with E-state index in [0.717, 1.165) is 18.4 Å². The van der Waals surface area contributed by atoms with Gasteiger partial charge in [0.25, 0.3) is 0 Å². The van der Waals surface area contributed by atoms with Crippen LogP contribution in [0.15, 0.2) is 24.3 Å². The molecule has 17 heavy (non-hydrogen) atoms. The maximum atomic E-state index is 11.6. The molecule has 1 unspecified atom stereocenters. The van der Waals surface area contributed by atoms with Gasteiger partial charge in [-0.3, -0.25) is 0 Å². The predicted octanol–water partition coefficient (Wildman–Crippen LogP) is 3.11. The van der Waals surface area contributed by atoms with Crippen molar-refractivity contribution < 1.29 is 14.3 Å². The van der Waals surface area contributed by atoms with E-state index in [1.807, 2.05) is 31.2 Å². The van der Waals surface area contributed by atoms with E-state index < -0.39 is 6.10 Å². The van der Waals surface area contributed by atoms with Crippen LogP contribution < -0.4 is 4.74 Å². The highest BCUT2D eigenvalue weighted by molar-refractivity contribution is 5.74. The highest BCUT2D eigenvalue weighted by Crippen LogP contribution is 2.14. The fourth-order valence-corrected chi connectivity index (χ4v) is 1.38. The van der Waals surface area contributed by atoms with E-state index in [0.29, 0.717) is 12.4 Å². The molecular weight excluding hydrogens is 216 g/mol. The molecule has 0 aliphatic rings. The number of hydrogen-bond donors (Lipinski definition) is 0. The molecule has 0 amide bonds. The number of unbranched alkanes of at least 4 members (excludes halogenated alkanes) is 1. The van der Waals surface area contributed by atoms with Crippen LogP contribution in [0.1, 0.15) is 32.3 Å². The summed E-state index contributed by atoms with van der Waals surface area (Å²) in [6.45, 7) is 6.21. The number of ether oxygens (including phenoxy) is 2. The molecule has 94 valence electrons. The fraction of sp³-hybridized carbons (Fsp3) is 0.500. The SMILES string of the molecule is CCCCOC(=O)C(C)Oc1cccc(C)c1. The minimum atomic E-state index is -0.561. The lowest BCUT2D eigenvalue weighted by Crippen LogP contribution is -2.26. The van der Waals surface area contributed by atoms with Gasteiger partial charge in [0.05, 0.1) is 6.61 Å². The summed E-state index contributed by atoms with van der Waals surface area (Å²) in [5.41, 5.74) is 1.11. The molecule has 0 radical (unpaired) electrons. The number of carbonyl (C=O) groups excluding carboxylic acids is 1. The maximum Gasteiger partial charge on any atom is 0.347 e. The van der Waals surface area contributed by atoms with E-state index in [9.17, 15) is 4.79 Å². The van der Waals surface area contributed by atoms with E-state index in [-0.39, 0.29) is 5.97 Å². The Hall–Kier alpha value is -1.51. The summed E-state index contributed by atoms with van der Waals surface area (Å²) in [5, 5.41) is 0. The molecule has 0 N–H and O–H groups in total. The quantitative estimate of drug-likeness (QED) is 0.562. The second kappa shape index (κ2) is 6.94.